The van der Waals surface area contributed by atoms with Crippen LogP contribution in [0.2, 0.25) is 0 Å². The fourth-order valence-electron chi connectivity index (χ4n) is 2.71. The van der Waals surface area contributed by atoms with Crippen molar-refractivity contribution in [3.63, 3.8) is 0 Å². The molecule has 4 heteroatoms. The van der Waals surface area contributed by atoms with Crippen LogP contribution in [0.1, 0.15) is 18.4 Å². The maximum Gasteiger partial charge on any atom is 0.329 e. The molecular formula is C15H17N3O. The lowest BCUT2D eigenvalue weighted by Crippen LogP contribution is -2.39. The molecule has 3 rings (SSSR count). The smallest absolute Gasteiger partial charge is 0.321 e. The van der Waals surface area contributed by atoms with Crippen LogP contribution in [-0.2, 0) is 6.42 Å². The zero-order valence-electron chi connectivity index (χ0n) is 10.8. The van der Waals surface area contributed by atoms with Crippen LogP contribution in [0, 0.1) is 0 Å². The molecule has 1 aromatic carbocycles. The van der Waals surface area contributed by atoms with Gasteiger partial charge < -0.3 is 4.90 Å². The van der Waals surface area contributed by atoms with Gasteiger partial charge in [0.2, 0.25) is 0 Å². The Morgan fingerprint density at radius 1 is 1.32 bits per heavy atom. The van der Waals surface area contributed by atoms with Crippen molar-refractivity contribution < 1.29 is 4.79 Å². The number of hydrogen-bond donors (Lipinski definition) is 0. The van der Waals surface area contributed by atoms with E-state index in [0.29, 0.717) is 6.04 Å². The molecule has 1 aliphatic heterocycles. The summed E-state index contributed by atoms with van der Waals surface area (Å²) >= 11 is 0. The van der Waals surface area contributed by atoms with Gasteiger partial charge >= 0.3 is 6.03 Å². The van der Waals surface area contributed by atoms with Gasteiger partial charge in [-0.3, -0.25) is 4.57 Å². The summed E-state index contributed by atoms with van der Waals surface area (Å²) in [5, 5.41) is 0. The number of carbonyl (C=O) groups excluding carboxylic acids is 1. The zero-order valence-corrected chi connectivity index (χ0v) is 10.8. The second kappa shape index (κ2) is 5.26. The van der Waals surface area contributed by atoms with Crippen LogP contribution >= 0.6 is 0 Å². The normalized spacial score (nSPS) is 18.7. The van der Waals surface area contributed by atoms with Gasteiger partial charge in [0.25, 0.3) is 0 Å². The molecule has 1 unspecified atom stereocenters. The van der Waals surface area contributed by atoms with Crippen molar-refractivity contribution in [2.75, 3.05) is 6.54 Å². The van der Waals surface area contributed by atoms with Crippen LogP contribution in [0.15, 0.2) is 49.1 Å². The second-order valence-corrected chi connectivity index (χ2v) is 4.93. The topological polar surface area (TPSA) is 38.1 Å². The Kier molecular flexibility index (Phi) is 3.31. The number of amides is 1. The summed E-state index contributed by atoms with van der Waals surface area (Å²) in [4.78, 5) is 18.3. The van der Waals surface area contributed by atoms with Crippen molar-refractivity contribution in [3.05, 3.63) is 54.6 Å². The first-order valence-electron chi connectivity index (χ1n) is 6.67. The molecule has 0 saturated carbocycles. The maximum atomic E-state index is 12.4. The summed E-state index contributed by atoms with van der Waals surface area (Å²) in [6.07, 6.45) is 8.01. The SMILES string of the molecule is O=C(N1CCCC1Cc1ccccc1)n1ccnc1. The fourth-order valence-corrected chi connectivity index (χ4v) is 2.71. The Hall–Kier alpha value is -2.10. The molecule has 4 nitrogen and oxygen atoms in total. The van der Waals surface area contributed by atoms with Crippen LogP contribution < -0.4 is 0 Å². The Bertz CT molecular complexity index is 536. The van der Waals surface area contributed by atoms with Gasteiger partial charge in [-0.1, -0.05) is 30.3 Å². The summed E-state index contributed by atoms with van der Waals surface area (Å²) in [7, 11) is 0. The molecule has 1 fully saturated rings. The standard InChI is InChI=1S/C15H17N3O/c19-15(17-10-8-16-12-17)18-9-4-7-14(18)11-13-5-2-1-3-6-13/h1-3,5-6,8,10,12,14H,4,7,9,11H2. The molecule has 98 valence electrons. The third-order valence-electron chi connectivity index (χ3n) is 3.66. The lowest BCUT2D eigenvalue weighted by Gasteiger charge is -2.24. The first-order chi connectivity index (χ1) is 9.34. The molecule has 19 heavy (non-hydrogen) atoms. The molecule has 0 aliphatic carbocycles. The van der Waals surface area contributed by atoms with Crippen LogP contribution in [0.25, 0.3) is 0 Å². The van der Waals surface area contributed by atoms with Gasteiger partial charge in [-0.05, 0) is 24.8 Å². The van der Waals surface area contributed by atoms with Gasteiger partial charge in [-0.25, -0.2) is 9.78 Å². The number of hydrogen-bond acceptors (Lipinski definition) is 2. The summed E-state index contributed by atoms with van der Waals surface area (Å²) in [6, 6.07) is 10.7. The van der Waals surface area contributed by atoms with Crippen molar-refractivity contribution in [1.82, 2.24) is 14.5 Å². The molecular weight excluding hydrogens is 238 g/mol. The number of benzene rings is 1. The highest BCUT2D eigenvalue weighted by Crippen LogP contribution is 2.22. The van der Waals surface area contributed by atoms with Gasteiger partial charge in [-0.2, -0.15) is 0 Å². The van der Waals surface area contributed by atoms with E-state index in [4.69, 9.17) is 0 Å². The molecule has 1 atom stereocenters. The van der Waals surface area contributed by atoms with Gasteiger partial charge in [0.15, 0.2) is 0 Å². The molecule has 2 aromatic rings. The van der Waals surface area contributed by atoms with E-state index in [-0.39, 0.29) is 6.03 Å². The Labute approximate surface area is 112 Å². The maximum absolute atomic E-state index is 12.4. The van der Waals surface area contributed by atoms with Gasteiger partial charge in [-0.15, -0.1) is 0 Å². The Balaban J connectivity index is 1.73. The number of aromatic nitrogens is 2. The van der Waals surface area contributed by atoms with Crippen LogP contribution in [0.4, 0.5) is 4.79 Å². The van der Waals surface area contributed by atoms with Crippen LogP contribution in [0.3, 0.4) is 0 Å². The van der Waals surface area contributed by atoms with E-state index in [2.05, 4.69) is 17.1 Å². The van der Waals surface area contributed by atoms with E-state index in [1.54, 1.807) is 23.3 Å². The number of imidazole rings is 1. The molecule has 1 amide bonds. The minimum atomic E-state index is 0.0379. The molecule has 0 N–H and O–H groups in total. The van der Waals surface area contributed by atoms with Crippen molar-refractivity contribution in [3.8, 4) is 0 Å². The largest absolute Gasteiger partial charge is 0.329 e. The second-order valence-electron chi connectivity index (χ2n) is 4.93. The number of likely N-dealkylation sites (tertiary alicyclic amines) is 1. The lowest BCUT2D eigenvalue weighted by molar-refractivity contribution is 0.194. The van der Waals surface area contributed by atoms with Gasteiger partial charge in [0, 0.05) is 25.0 Å². The molecule has 1 saturated heterocycles. The highest BCUT2D eigenvalue weighted by Gasteiger charge is 2.29. The Morgan fingerprint density at radius 2 is 2.16 bits per heavy atom. The highest BCUT2D eigenvalue weighted by molar-refractivity contribution is 5.77. The summed E-state index contributed by atoms with van der Waals surface area (Å²) < 4.78 is 1.56. The predicted octanol–water partition coefficient (Wildman–Crippen LogP) is 2.56. The van der Waals surface area contributed by atoms with Crippen molar-refractivity contribution in [2.24, 2.45) is 0 Å². The monoisotopic (exact) mass is 255 g/mol. The van der Waals surface area contributed by atoms with Crippen molar-refractivity contribution >= 4 is 6.03 Å². The summed E-state index contributed by atoms with van der Waals surface area (Å²) in [6.45, 7) is 0.842. The fraction of sp³-hybridized carbons (Fsp3) is 0.333. The highest BCUT2D eigenvalue weighted by atomic mass is 16.2. The van der Waals surface area contributed by atoms with E-state index in [1.165, 1.54) is 5.56 Å². The first-order valence-corrected chi connectivity index (χ1v) is 6.67. The molecule has 1 aromatic heterocycles. The average Bonchev–Trinajstić information content (AvgIpc) is 3.10. The van der Waals surface area contributed by atoms with Crippen molar-refractivity contribution in [2.45, 2.75) is 25.3 Å². The van der Waals surface area contributed by atoms with E-state index >= 15 is 0 Å². The van der Waals surface area contributed by atoms with Gasteiger partial charge in [0.05, 0.1) is 0 Å². The molecule has 0 bridgehead atoms. The first kappa shape index (κ1) is 12.0. The van der Waals surface area contributed by atoms with E-state index in [0.717, 1.165) is 25.8 Å². The minimum absolute atomic E-state index is 0.0379. The van der Waals surface area contributed by atoms with Crippen LogP contribution in [0.5, 0.6) is 0 Å². The van der Waals surface area contributed by atoms with Crippen molar-refractivity contribution in [1.29, 1.82) is 0 Å². The average molecular weight is 255 g/mol. The third-order valence-corrected chi connectivity index (χ3v) is 3.66. The molecule has 2 heterocycles. The Morgan fingerprint density at radius 3 is 2.89 bits per heavy atom. The number of rotatable bonds is 2. The number of nitrogens with zero attached hydrogens (tertiary/aromatic N) is 3. The number of carbonyl (C=O) groups is 1. The van der Waals surface area contributed by atoms with E-state index in [1.807, 2.05) is 23.1 Å². The summed E-state index contributed by atoms with van der Waals surface area (Å²) in [5.41, 5.74) is 1.29. The molecule has 0 spiro atoms. The predicted molar refractivity (Wildman–Crippen MR) is 72.9 cm³/mol. The summed E-state index contributed by atoms with van der Waals surface area (Å²) in [5.74, 6) is 0. The zero-order chi connectivity index (χ0) is 13.1. The van der Waals surface area contributed by atoms with Gasteiger partial charge in [0.1, 0.15) is 6.33 Å². The molecule has 0 radical (unpaired) electrons. The van der Waals surface area contributed by atoms with E-state index in [9.17, 15) is 4.79 Å². The quantitative estimate of drug-likeness (QED) is 0.827. The third kappa shape index (κ3) is 2.52. The molecule has 1 aliphatic rings. The van der Waals surface area contributed by atoms with E-state index < -0.39 is 0 Å². The lowest BCUT2D eigenvalue weighted by atomic mass is 10.0. The minimum Gasteiger partial charge on any atom is -0.321 e. The van der Waals surface area contributed by atoms with Crippen LogP contribution in [-0.4, -0.2) is 33.1 Å².